The molecule has 0 radical (unpaired) electrons. The minimum atomic E-state index is -4.67. The lowest BCUT2D eigenvalue weighted by Crippen LogP contribution is -2.32. The van der Waals surface area contributed by atoms with Gasteiger partial charge in [0.1, 0.15) is 5.82 Å². The van der Waals surface area contributed by atoms with Crippen LogP contribution in [0.1, 0.15) is 18.1 Å². The summed E-state index contributed by atoms with van der Waals surface area (Å²) in [6.07, 6.45) is -4.67. The first-order chi connectivity index (χ1) is 7.84. The third kappa shape index (κ3) is 3.98. The predicted molar refractivity (Wildman–Crippen MR) is 56.8 cm³/mol. The lowest BCUT2D eigenvalue weighted by Gasteiger charge is -2.13. The van der Waals surface area contributed by atoms with Crippen molar-refractivity contribution >= 4 is 0 Å². The number of hydrogen-bond acceptors (Lipinski definition) is 2. The molecular formula is C11H14F4N2. The molecule has 0 saturated heterocycles. The van der Waals surface area contributed by atoms with Gasteiger partial charge in [-0.25, -0.2) is 4.39 Å². The van der Waals surface area contributed by atoms with E-state index in [1.807, 2.05) is 6.92 Å². The monoisotopic (exact) mass is 250 g/mol. The molecule has 0 heterocycles. The van der Waals surface area contributed by atoms with Crippen molar-refractivity contribution in [3.63, 3.8) is 0 Å². The van der Waals surface area contributed by atoms with Crippen LogP contribution in [-0.4, -0.2) is 12.6 Å². The zero-order chi connectivity index (χ0) is 13.1. The quantitative estimate of drug-likeness (QED) is 0.804. The molecule has 96 valence electrons. The third-order valence-corrected chi connectivity index (χ3v) is 2.34. The molecule has 0 aliphatic carbocycles. The number of rotatable bonds is 4. The Kier molecular flexibility index (Phi) is 4.47. The molecule has 0 bridgehead atoms. The minimum Gasteiger partial charge on any atom is -0.329 e. The van der Waals surface area contributed by atoms with E-state index >= 15 is 0 Å². The molecule has 1 aromatic carbocycles. The molecule has 1 rings (SSSR count). The van der Waals surface area contributed by atoms with E-state index in [9.17, 15) is 17.6 Å². The highest BCUT2D eigenvalue weighted by molar-refractivity contribution is 5.27. The normalized spacial score (nSPS) is 13.8. The summed E-state index contributed by atoms with van der Waals surface area (Å²) < 4.78 is 50.2. The SMILES string of the molecule is CC(CN)NCc1ccc(F)c(C(F)(F)F)c1. The number of nitrogens with two attached hydrogens (primary N) is 1. The molecule has 3 N–H and O–H groups in total. The van der Waals surface area contributed by atoms with Crippen molar-refractivity contribution in [3.8, 4) is 0 Å². The molecule has 0 aromatic heterocycles. The molecule has 0 aliphatic rings. The number of nitrogens with one attached hydrogen (secondary N) is 1. The Morgan fingerprint density at radius 1 is 1.35 bits per heavy atom. The van der Waals surface area contributed by atoms with Crippen LogP contribution in [0.5, 0.6) is 0 Å². The Morgan fingerprint density at radius 2 is 2.00 bits per heavy atom. The molecule has 1 atom stereocenters. The summed E-state index contributed by atoms with van der Waals surface area (Å²) in [4.78, 5) is 0. The second-order valence-electron chi connectivity index (χ2n) is 3.83. The van der Waals surface area contributed by atoms with Crippen molar-refractivity contribution in [2.45, 2.75) is 25.7 Å². The maximum Gasteiger partial charge on any atom is 0.419 e. The Bertz CT molecular complexity index is 376. The smallest absolute Gasteiger partial charge is 0.329 e. The molecule has 0 aliphatic heterocycles. The van der Waals surface area contributed by atoms with Crippen molar-refractivity contribution in [2.75, 3.05) is 6.54 Å². The van der Waals surface area contributed by atoms with Crippen LogP contribution < -0.4 is 11.1 Å². The van der Waals surface area contributed by atoms with Crippen molar-refractivity contribution in [1.82, 2.24) is 5.32 Å². The number of benzene rings is 1. The summed E-state index contributed by atoms with van der Waals surface area (Å²) >= 11 is 0. The first kappa shape index (κ1) is 13.9. The summed E-state index contributed by atoms with van der Waals surface area (Å²) in [6, 6.07) is 2.95. The van der Waals surface area contributed by atoms with Crippen LogP contribution in [0.3, 0.4) is 0 Å². The molecule has 0 saturated carbocycles. The van der Waals surface area contributed by atoms with Gasteiger partial charge in [0.05, 0.1) is 5.56 Å². The fourth-order valence-corrected chi connectivity index (χ4v) is 1.28. The van der Waals surface area contributed by atoms with Gasteiger partial charge < -0.3 is 11.1 Å². The number of alkyl halides is 3. The summed E-state index contributed by atoms with van der Waals surface area (Å²) in [5.41, 5.74) is 4.49. The van der Waals surface area contributed by atoms with Gasteiger partial charge in [0.15, 0.2) is 0 Å². The van der Waals surface area contributed by atoms with Crippen molar-refractivity contribution in [3.05, 3.63) is 35.1 Å². The van der Waals surface area contributed by atoms with Crippen LogP contribution in [0.4, 0.5) is 17.6 Å². The summed E-state index contributed by atoms with van der Waals surface area (Å²) in [5, 5.41) is 2.93. The van der Waals surface area contributed by atoms with Gasteiger partial charge in [0.25, 0.3) is 0 Å². The maximum absolute atomic E-state index is 13.0. The second kappa shape index (κ2) is 5.46. The molecule has 0 spiro atoms. The van der Waals surface area contributed by atoms with Gasteiger partial charge in [-0.2, -0.15) is 13.2 Å². The van der Waals surface area contributed by atoms with Crippen LogP contribution >= 0.6 is 0 Å². The zero-order valence-electron chi connectivity index (χ0n) is 9.31. The van der Waals surface area contributed by atoms with Crippen LogP contribution in [0.25, 0.3) is 0 Å². The Morgan fingerprint density at radius 3 is 2.53 bits per heavy atom. The standard InChI is InChI=1S/C11H14F4N2/c1-7(5-16)17-6-8-2-3-10(12)9(4-8)11(13,14)15/h2-4,7,17H,5-6,16H2,1H3. The summed E-state index contributed by atoms with van der Waals surface area (Å²) in [7, 11) is 0. The van der Waals surface area contributed by atoms with Gasteiger partial charge in [-0.05, 0) is 24.6 Å². The maximum atomic E-state index is 13.0. The fourth-order valence-electron chi connectivity index (χ4n) is 1.28. The van der Waals surface area contributed by atoms with Crippen molar-refractivity contribution in [1.29, 1.82) is 0 Å². The largest absolute Gasteiger partial charge is 0.419 e. The van der Waals surface area contributed by atoms with E-state index in [0.29, 0.717) is 12.1 Å². The Labute approximate surface area is 96.8 Å². The van der Waals surface area contributed by atoms with Gasteiger partial charge in [0.2, 0.25) is 0 Å². The van der Waals surface area contributed by atoms with E-state index in [1.165, 1.54) is 6.07 Å². The summed E-state index contributed by atoms with van der Waals surface area (Å²) in [5.74, 6) is -1.26. The summed E-state index contributed by atoms with van der Waals surface area (Å²) in [6.45, 7) is 2.42. The first-order valence-electron chi connectivity index (χ1n) is 5.13. The molecule has 2 nitrogen and oxygen atoms in total. The molecule has 1 aromatic rings. The topological polar surface area (TPSA) is 38.0 Å². The van der Waals surface area contributed by atoms with Gasteiger partial charge >= 0.3 is 6.18 Å². The molecule has 6 heteroatoms. The third-order valence-electron chi connectivity index (χ3n) is 2.34. The Hall–Kier alpha value is -1.14. The molecule has 1 unspecified atom stereocenters. The number of halogens is 4. The van der Waals surface area contributed by atoms with E-state index in [1.54, 1.807) is 0 Å². The highest BCUT2D eigenvalue weighted by Crippen LogP contribution is 2.31. The lowest BCUT2D eigenvalue weighted by atomic mass is 10.1. The molecular weight excluding hydrogens is 236 g/mol. The van der Waals surface area contributed by atoms with E-state index in [0.717, 1.165) is 12.1 Å². The predicted octanol–water partition coefficient (Wildman–Crippen LogP) is 2.28. The van der Waals surface area contributed by atoms with Crippen molar-refractivity contribution in [2.24, 2.45) is 5.73 Å². The van der Waals surface area contributed by atoms with Gasteiger partial charge in [-0.3, -0.25) is 0 Å². The minimum absolute atomic E-state index is 0.00519. The zero-order valence-corrected chi connectivity index (χ0v) is 9.31. The second-order valence-corrected chi connectivity index (χ2v) is 3.83. The van der Waals surface area contributed by atoms with E-state index in [2.05, 4.69) is 5.32 Å². The van der Waals surface area contributed by atoms with Crippen LogP contribution in [0, 0.1) is 5.82 Å². The van der Waals surface area contributed by atoms with Gasteiger partial charge in [-0.15, -0.1) is 0 Å². The average molecular weight is 250 g/mol. The fraction of sp³-hybridized carbons (Fsp3) is 0.455. The first-order valence-corrected chi connectivity index (χ1v) is 5.13. The molecule has 0 fully saturated rings. The van der Waals surface area contributed by atoms with Crippen LogP contribution in [-0.2, 0) is 12.7 Å². The van der Waals surface area contributed by atoms with E-state index < -0.39 is 17.6 Å². The van der Waals surface area contributed by atoms with Gasteiger partial charge in [-0.1, -0.05) is 6.07 Å². The van der Waals surface area contributed by atoms with Gasteiger partial charge in [0, 0.05) is 19.1 Å². The number of hydrogen-bond donors (Lipinski definition) is 2. The van der Waals surface area contributed by atoms with Crippen LogP contribution in [0.15, 0.2) is 18.2 Å². The highest BCUT2D eigenvalue weighted by Gasteiger charge is 2.34. The van der Waals surface area contributed by atoms with E-state index in [4.69, 9.17) is 5.73 Å². The Balaban J connectivity index is 2.82. The van der Waals surface area contributed by atoms with Crippen LogP contribution in [0.2, 0.25) is 0 Å². The van der Waals surface area contributed by atoms with Crippen molar-refractivity contribution < 1.29 is 17.6 Å². The highest BCUT2D eigenvalue weighted by atomic mass is 19.4. The van der Waals surface area contributed by atoms with E-state index in [-0.39, 0.29) is 12.6 Å². The molecule has 0 amide bonds. The average Bonchev–Trinajstić information content (AvgIpc) is 2.26. The molecule has 17 heavy (non-hydrogen) atoms. The lowest BCUT2D eigenvalue weighted by molar-refractivity contribution is -0.140.